The van der Waals surface area contributed by atoms with Gasteiger partial charge in [-0.15, -0.1) is 0 Å². The fourth-order valence-corrected chi connectivity index (χ4v) is 3.80. The number of hydrogen-bond acceptors (Lipinski definition) is 9. The van der Waals surface area contributed by atoms with Crippen molar-refractivity contribution < 1.29 is 27.7 Å². The van der Waals surface area contributed by atoms with E-state index >= 15 is 0 Å². The van der Waals surface area contributed by atoms with Crippen LogP contribution in [0.1, 0.15) is 25.0 Å². The van der Waals surface area contributed by atoms with Crippen molar-refractivity contribution in [2.75, 3.05) is 11.1 Å². The maximum Gasteiger partial charge on any atom is 0.475 e. The summed E-state index contributed by atoms with van der Waals surface area (Å²) in [5.41, 5.74) is 4.76. The average Bonchev–Trinajstić information content (AvgIpc) is 3.22. The lowest BCUT2D eigenvalue weighted by Gasteiger charge is -2.17. The summed E-state index contributed by atoms with van der Waals surface area (Å²) in [6, 6.07) is 8.98. The van der Waals surface area contributed by atoms with Crippen molar-refractivity contribution in [3.05, 3.63) is 80.7 Å². The van der Waals surface area contributed by atoms with Crippen LogP contribution >= 0.6 is 0 Å². The Hall–Kier alpha value is -5.08. The minimum absolute atomic E-state index is 0.0285. The molecule has 0 spiro atoms. The van der Waals surface area contributed by atoms with E-state index in [1.165, 1.54) is 12.3 Å². The van der Waals surface area contributed by atoms with E-state index in [1.54, 1.807) is 38.1 Å². The van der Waals surface area contributed by atoms with Gasteiger partial charge in [0.1, 0.15) is 6.54 Å². The zero-order valence-corrected chi connectivity index (χ0v) is 21.2. The van der Waals surface area contributed by atoms with E-state index in [4.69, 9.17) is 5.73 Å². The van der Waals surface area contributed by atoms with Crippen LogP contribution in [0.5, 0.6) is 0 Å². The Balaban J connectivity index is 1.59. The number of benzene rings is 2. The Morgan fingerprint density at radius 3 is 2.42 bits per heavy atom. The number of rotatable bonds is 8. The number of nitrogens with zero attached hydrogens (tertiary/aromatic N) is 4. The summed E-state index contributed by atoms with van der Waals surface area (Å²) in [5.74, 6) is -1.82. The number of anilines is 2. The van der Waals surface area contributed by atoms with E-state index in [9.17, 15) is 32.8 Å². The number of carbonyl (C=O) groups excluding carboxylic acids is 1. The maximum atomic E-state index is 13.4. The standard InChI is InChI=1S/C25H24F3N7O5/c1-13(2)32-21-23(37)34(19(11-31-21)16-7-17(25(26,27)28)9-18(29)8-16)12-20(36)30-10-14-3-5-15(6-4-14)22-33-40-24(38)35(22)39/h3-9,11,13,39H,10,12,29H2,1-2H3,(H,30,36)(H,31,32). The molecular weight excluding hydrogens is 535 g/mol. The molecule has 0 aliphatic carbocycles. The highest BCUT2D eigenvalue weighted by Crippen LogP contribution is 2.34. The zero-order valence-electron chi connectivity index (χ0n) is 21.2. The van der Waals surface area contributed by atoms with E-state index in [0.717, 1.165) is 16.7 Å². The fourth-order valence-electron chi connectivity index (χ4n) is 3.80. The number of nitrogens with two attached hydrogens (primary N) is 1. The monoisotopic (exact) mass is 559 g/mol. The first kappa shape index (κ1) is 27.9. The summed E-state index contributed by atoms with van der Waals surface area (Å²) >= 11 is 0. The highest BCUT2D eigenvalue weighted by atomic mass is 19.4. The van der Waals surface area contributed by atoms with Crippen molar-refractivity contribution in [3.63, 3.8) is 0 Å². The van der Waals surface area contributed by atoms with Crippen LogP contribution in [0.4, 0.5) is 24.7 Å². The Bertz CT molecular complexity index is 1660. The first-order chi connectivity index (χ1) is 18.8. The lowest BCUT2D eigenvalue weighted by atomic mass is 10.1. The fraction of sp³-hybridized carbons (Fsp3) is 0.240. The third-order valence-corrected chi connectivity index (χ3v) is 5.65. The molecule has 4 aromatic rings. The lowest BCUT2D eigenvalue weighted by molar-refractivity contribution is -0.137. The Labute approximate surface area is 223 Å². The van der Waals surface area contributed by atoms with Crippen LogP contribution in [-0.2, 0) is 24.1 Å². The van der Waals surface area contributed by atoms with Gasteiger partial charge in [-0.25, -0.2) is 9.78 Å². The maximum absolute atomic E-state index is 13.4. The number of aromatic nitrogens is 4. The molecule has 0 saturated heterocycles. The van der Waals surface area contributed by atoms with Crippen molar-refractivity contribution >= 4 is 17.4 Å². The van der Waals surface area contributed by atoms with Crippen LogP contribution in [0.15, 0.2) is 62.8 Å². The number of alkyl halides is 3. The quantitative estimate of drug-likeness (QED) is 0.187. The van der Waals surface area contributed by atoms with E-state index in [2.05, 4.69) is 25.3 Å². The van der Waals surface area contributed by atoms with Crippen LogP contribution < -0.4 is 27.7 Å². The molecule has 0 aliphatic rings. The Morgan fingerprint density at radius 2 is 1.82 bits per heavy atom. The normalized spacial score (nSPS) is 11.6. The molecule has 2 heterocycles. The number of amides is 1. The van der Waals surface area contributed by atoms with Gasteiger partial charge in [0.05, 0.1) is 17.5 Å². The molecule has 5 N–H and O–H groups in total. The van der Waals surface area contributed by atoms with Gasteiger partial charge < -0.3 is 21.6 Å². The van der Waals surface area contributed by atoms with Crippen LogP contribution in [0.2, 0.25) is 0 Å². The highest BCUT2D eigenvalue weighted by molar-refractivity contribution is 5.77. The number of nitrogen functional groups attached to an aromatic ring is 1. The van der Waals surface area contributed by atoms with Crippen molar-refractivity contribution in [3.8, 4) is 22.6 Å². The minimum Gasteiger partial charge on any atom is -0.421 e. The number of hydrogen-bond donors (Lipinski definition) is 4. The molecular formula is C25H24F3N7O5. The van der Waals surface area contributed by atoms with E-state index in [0.29, 0.717) is 11.1 Å². The molecule has 0 radical (unpaired) electrons. The molecule has 0 atom stereocenters. The smallest absolute Gasteiger partial charge is 0.421 e. The van der Waals surface area contributed by atoms with Gasteiger partial charge in [-0.3, -0.25) is 18.7 Å². The molecule has 0 fully saturated rings. The van der Waals surface area contributed by atoms with Gasteiger partial charge in [0, 0.05) is 29.4 Å². The van der Waals surface area contributed by atoms with Crippen molar-refractivity contribution in [1.82, 2.24) is 24.8 Å². The Kier molecular flexibility index (Phi) is 7.65. The predicted molar refractivity (Wildman–Crippen MR) is 137 cm³/mol. The van der Waals surface area contributed by atoms with Gasteiger partial charge in [0.15, 0.2) is 5.82 Å². The second-order valence-corrected chi connectivity index (χ2v) is 9.08. The summed E-state index contributed by atoms with van der Waals surface area (Å²) in [6.45, 7) is 3.06. The first-order valence-electron chi connectivity index (χ1n) is 11.8. The van der Waals surface area contributed by atoms with Gasteiger partial charge in [0.25, 0.3) is 5.56 Å². The number of carbonyl (C=O) groups is 1. The average molecular weight is 560 g/mol. The molecule has 0 saturated carbocycles. The minimum atomic E-state index is -4.68. The molecule has 2 aromatic carbocycles. The van der Waals surface area contributed by atoms with Crippen LogP contribution in [0, 0.1) is 0 Å². The topological polar surface area (TPSA) is 170 Å². The molecule has 1 amide bonds. The van der Waals surface area contributed by atoms with Crippen LogP contribution in [-0.4, -0.2) is 36.6 Å². The second kappa shape index (κ2) is 11.0. The molecule has 4 rings (SSSR count). The SMILES string of the molecule is CC(C)Nc1ncc(-c2cc(N)cc(C(F)(F)F)c2)n(CC(=O)NCc2ccc(-c3noc(=O)n3O)cc2)c1=O. The molecule has 0 bridgehead atoms. The summed E-state index contributed by atoms with van der Waals surface area (Å²) in [5, 5.41) is 18.6. The predicted octanol–water partition coefficient (Wildman–Crippen LogP) is 2.70. The Morgan fingerprint density at radius 1 is 1.12 bits per heavy atom. The highest BCUT2D eigenvalue weighted by Gasteiger charge is 2.31. The second-order valence-electron chi connectivity index (χ2n) is 9.08. The van der Waals surface area contributed by atoms with Gasteiger partial charge >= 0.3 is 11.9 Å². The van der Waals surface area contributed by atoms with E-state index in [-0.39, 0.29) is 45.9 Å². The summed E-state index contributed by atoms with van der Waals surface area (Å²) in [4.78, 5) is 41.4. The lowest BCUT2D eigenvalue weighted by Crippen LogP contribution is -2.35. The zero-order chi connectivity index (χ0) is 29.2. The first-order valence-corrected chi connectivity index (χ1v) is 11.8. The van der Waals surface area contributed by atoms with Crippen LogP contribution in [0.25, 0.3) is 22.6 Å². The van der Waals surface area contributed by atoms with Gasteiger partial charge in [-0.05, 0) is 37.6 Å². The summed E-state index contributed by atoms with van der Waals surface area (Å²) in [6.07, 6.45) is -3.48. The summed E-state index contributed by atoms with van der Waals surface area (Å²) in [7, 11) is 0. The van der Waals surface area contributed by atoms with Crippen molar-refractivity contribution in [1.29, 1.82) is 0 Å². The van der Waals surface area contributed by atoms with Crippen LogP contribution in [0.3, 0.4) is 0 Å². The third kappa shape index (κ3) is 6.14. The van der Waals surface area contributed by atoms with Gasteiger partial charge in [-0.2, -0.15) is 13.2 Å². The van der Waals surface area contributed by atoms with Crippen molar-refractivity contribution in [2.45, 2.75) is 39.2 Å². The van der Waals surface area contributed by atoms with Gasteiger partial charge in [0.2, 0.25) is 11.7 Å². The molecule has 12 nitrogen and oxygen atoms in total. The van der Waals surface area contributed by atoms with Crippen molar-refractivity contribution in [2.24, 2.45) is 0 Å². The van der Waals surface area contributed by atoms with Gasteiger partial charge in [-0.1, -0.05) is 34.2 Å². The summed E-state index contributed by atoms with van der Waals surface area (Å²) < 4.78 is 45.9. The molecule has 2 aromatic heterocycles. The largest absolute Gasteiger partial charge is 0.475 e. The van der Waals surface area contributed by atoms with E-state index < -0.39 is 35.5 Å². The molecule has 15 heteroatoms. The number of nitrogens with one attached hydrogen (secondary N) is 2. The molecule has 0 aliphatic heterocycles. The molecule has 40 heavy (non-hydrogen) atoms. The third-order valence-electron chi connectivity index (χ3n) is 5.65. The molecule has 0 unspecified atom stereocenters. The number of halogens is 3. The van der Waals surface area contributed by atoms with E-state index in [1.807, 2.05) is 0 Å². The molecule has 210 valence electrons.